The van der Waals surface area contributed by atoms with Crippen LogP contribution in [0.25, 0.3) is 5.65 Å². The number of hydrogen-bond donors (Lipinski definition) is 2. The average molecular weight is 305 g/mol. The van der Waals surface area contributed by atoms with Crippen LogP contribution in [0.3, 0.4) is 0 Å². The number of nitrogens with zero attached hydrogens (tertiary/aromatic N) is 3. The molecule has 0 fully saturated rings. The molecular formula is C13H15N5O4. The number of fused-ring (bicyclic) bond motifs is 1. The molecule has 0 aromatic carbocycles. The lowest BCUT2D eigenvalue weighted by Gasteiger charge is -2.05. The maximum Gasteiger partial charge on any atom is 0.344 e. The van der Waals surface area contributed by atoms with Crippen molar-refractivity contribution in [3.63, 3.8) is 0 Å². The molecule has 2 aromatic rings. The smallest absolute Gasteiger partial charge is 0.344 e. The zero-order valence-electron chi connectivity index (χ0n) is 12.1. The molecule has 116 valence electrons. The van der Waals surface area contributed by atoms with Gasteiger partial charge in [0, 0.05) is 18.9 Å². The number of carbonyl (C=O) groups excluding carboxylic acids is 3. The van der Waals surface area contributed by atoms with E-state index >= 15 is 0 Å². The second kappa shape index (κ2) is 6.66. The first-order chi connectivity index (χ1) is 10.5. The first kappa shape index (κ1) is 15.4. The number of ether oxygens (including phenoxy) is 1. The molecule has 0 unspecified atom stereocenters. The molecule has 0 aliphatic carbocycles. The van der Waals surface area contributed by atoms with Gasteiger partial charge in [-0.15, -0.1) is 0 Å². The van der Waals surface area contributed by atoms with Crippen molar-refractivity contribution in [2.45, 2.75) is 13.8 Å². The van der Waals surface area contributed by atoms with Crippen LogP contribution in [0, 0.1) is 6.92 Å². The summed E-state index contributed by atoms with van der Waals surface area (Å²) in [5.41, 5.74) is 0.966. The van der Waals surface area contributed by atoms with Gasteiger partial charge >= 0.3 is 12.0 Å². The SMILES string of the molecule is CCNC(=O)NC(=O)COC(=O)c1c(C)nn2cccnc12. The van der Waals surface area contributed by atoms with E-state index in [2.05, 4.69) is 15.4 Å². The molecule has 22 heavy (non-hydrogen) atoms. The summed E-state index contributed by atoms with van der Waals surface area (Å²) in [6, 6.07) is 1.03. The van der Waals surface area contributed by atoms with Gasteiger partial charge in [0.2, 0.25) is 0 Å². The van der Waals surface area contributed by atoms with Gasteiger partial charge in [0.15, 0.2) is 12.3 Å². The van der Waals surface area contributed by atoms with E-state index in [0.717, 1.165) is 0 Å². The summed E-state index contributed by atoms with van der Waals surface area (Å²) < 4.78 is 6.34. The molecule has 0 aliphatic rings. The van der Waals surface area contributed by atoms with E-state index in [0.29, 0.717) is 17.9 Å². The van der Waals surface area contributed by atoms with E-state index in [1.807, 2.05) is 5.32 Å². The van der Waals surface area contributed by atoms with Crippen molar-refractivity contribution in [1.29, 1.82) is 0 Å². The summed E-state index contributed by atoms with van der Waals surface area (Å²) in [5.74, 6) is -1.45. The molecule has 0 atom stereocenters. The van der Waals surface area contributed by atoms with Crippen molar-refractivity contribution >= 4 is 23.6 Å². The molecule has 3 amide bonds. The Morgan fingerprint density at radius 1 is 1.36 bits per heavy atom. The second-order valence-electron chi connectivity index (χ2n) is 4.33. The zero-order valence-corrected chi connectivity index (χ0v) is 12.1. The number of aryl methyl sites for hydroxylation is 1. The summed E-state index contributed by atoms with van der Waals surface area (Å²) in [4.78, 5) is 38.7. The minimum Gasteiger partial charge on any atom is -0.452 e. The van der Waals surface area contributed by atoms with Gasteiger partial charge in [-0.1, -0.05) is 0 Å². The summed E-state index contributed by atoms with van der Waals surface area (Å²) in [5, 5.41) is 8.54. The Kier molecular flexibility index (Phi) is 4.66. The van der Waals surface area contributed by atoms with E-state index in [9.17, 15) is 14.4 Å². The van der Waals surface area contributed by atoms with E-state index < -0.39 is 24.5 Å². The van der Waals surface area contributed by atoms with Crippen LogP contribution in [0.4, 0.5) is 4.79 Å². The first-order valence-corrected chi connectivity index (χ1v) is 6.57. The summed E-state index contributed by atoms with van der Waals surface area (Å²) in [7, 11) is 0. The normalized spacial score (nSPS) is 10.3. The van der Waals surface area contributed by atoms with Crippen molar-refractivity contribution in [3.05, 3.63) is 29.7 Å². The maximum atomic E-state index is 12.1. The third-order valence-electron chi connectivity index (χ3n) is 2.70. The van der Waals surface area contributed by atoms with Gasteiger partial charge in [-0.3, -0.25) is 10.1 Å². The summed E-state index contributed by atoms with van der Waals surface area (Å²) in [6.07, 6.45) is 3.17. The highest BCUT2D eigenvalue weighted by Crippen LogP contribution is 2.13. The molecule has 0 bridgehead atoms. The molecule has 2 rings (SSSR count). The summed E-state index contributed by atoms with van der Waals surface area (Å²) in [6.45, 7) is 3.16. The van der Waals surface area contributed by atoms with E-state index in [4.69, 9.17) is 4.74 Å². The van der Waals surface area contributed by atoms with E-state index in [1.165, 1.54) is 10.7 Å². The number of amides is 3. The Morgan fingerprint density at radius 3 is 2.86 bits per heavy atom. The lowest BCUT2D eigenvalue weighted by atomic mass is 10.2. The quantitative estimate of drug-likeness (QED) is 0.771. The highest BCUT2D eigenvalue weighted by Gasteiger charge is 2.20. The molecular weight excluding hydrogens is 290 g/mol. The number of urea groups is 1. The third kappa shape index (κ3) is 3.37. The van der Waals surface area contributed by atoms with E-state index in [-0.39, 0.29) is 5.56 Å². The van der Waals surface area contributed by atoms with Crippen LogP contribution in [0.2, 0.25) is 0 Å². The molecule has 2 aromatic heterocycles. The fourth-order valence-electron chi connectivity index (χ4n) is 1.81. The Balaban J connectivity index is 2.01. The number of aromatic nitrogens is 3. The Labute approximate surface area is 125 Å². The lowest BCUT2D eigenvalue weighted by molar-refractivity contribution is -0.123. The topological polar surface area (TPSA) is 115 Å². The van der Waals surface area contributed by atoms with Gasteiger partial charge in [0.25, 0.3) is 5.91 Å². The van der Waals surface area contributed by atoms with Crippen LogP contribution < -0.4 is 10.6 Å². The van der Waals surface area contributed by atoms with Gasteiger partial charge in [-0.25, -0.2) is 19.1 Å². The predicted octanol–water partition coefficient (Wildman–Crippen LogP) is 0.0402. The zero-order chi connectivity index (χ0) is 16.1. The highest BCUT2D eigenvalue weighted by molar-refractivity contribution is 5.99. The maximum absolute atomic E-state index is 12.1. The molecule has 0 aliphatic heterocycles. The Morgan fingerprint density at radius 2 is 2.14 bits per heavy atom. The van der Waals surface area contributed by atoms with Crippen molar-refractivity contribution in [2.24, 2.45) is 0 Å². The predicted molar refractivity (Wildman–Crippen MR) is 75.2 cm³/mol. The van der Waals surface area contributed by atoms with Crippen LogP contribution in [0.5, 0.6) is 0 Å². The minimum atomic E-state index is -0.725. The van der Waals surface area contributed by atoms with Crippen molar-refractivity contribution in [2.75, 3.05) is 13.2 Å². The lowest BCUT2D eigenvalue weighted by Crippen LogP contribution is -2.41. The largest absolute Gasteiger partial charge is 0.452 e. The average Bonchev–Trinajstić information content (AvgIpc) is 2.80. The molecule has 2 heterocycles. The van der Waals surface area contributed by atoms with Crippen LogP contribution in [0.15, 0.2) is 18.5 Å². The molecule has 0 spiro atoms. The third-order valence-corrected chi connectivity index (χ3v) is 2.70. The highest BCUT2D eigenvalue weighted by atomic mass is 16.5. The van der Waals surface area contributed by atoms with Crippen LogP contribution in [-0.4, -0.2) is 45.7 Å². The standard InChI is InChI=1S/C13H15N5O4/c1-3-14-13(21)16-9(19)7-22-12(20)10-8(2)17-18-6-4-5-15-11(10)18/h4-6H,3,7H2,1-2H3,(H2,14,16,19,21). The fraction of sp³-hybridized carbons (Fsp3) is 0.308. The number of hydrogen-bond acceptors (Lipinski definition) is 6. The van der Waals surface area contributed by atoms with E-state index in [1.54, 1.807) is 26.1 Å². The van der Waals surface area contributed by atoms with Gasteiger partial charge in [-0.2, -0.15) is 5.10 Å². The van der Waals surface area contributed by atoms with Crippen molar-refractivity contribution in [1.82, 2.24) is 25.2 Å². The van der Waals surface area contributed by atoms with Gasteiger partial charge in [-0.05, 0) is 19.9 Å². The van der Waals surface area contributed by atoms with Crippen molar-refractivity contribution < 1.29 is 19.1 Å². The first-order valence-electron chi connectivity index (χ1n) is 6.57. The molecule has 2 N–H and O–H groups in total. The Bertz CT molecular complexity index is 724. The molecule has 0 saturated heterocycles. The summed E-state index contributed by atoms with van der Waals surface area (Å²) >= 11 is 0. The monoisotopic (exact) mass is 305 g/mol. The van der Waals surface area contributed by atoms with Crippen LogP contribution >= 0.6 is 0 Å². The number of nitrogens with one attached hydrogen (secondary N) is 2. The van der Waals surface area contributed by atoms with Gasteiger partial charge < -0.3 is 10.1 Å². The second-order valence-corrected chi connectivity index (χ2v) is 4.33. The number of imide groups is 1. The van der Waals surface area contributed by atoms with Crippen LogP contribution in [-0.2, 0) is 9.53 Å². The molecule has 9 heteroatoms. The minimum absolute atomic E-state index is 0.186. The van der Waals surface area contributed by atoms with Gasteiger partial charge in [0.1, 0.15) is 5.56 Å². The number of esters is 1. The number of rotatable bonds is 4. The van der Waals surface area contributed by atoms with Gasteiger partial charge in [0.05, 0.1) is 5.69 Å². The van der Waals surface area contributed by atoms with Crippen molar-refractivity contribution in [3.8, 4) is 0 Å². The number of carbonyl (C=O) groups is 3. The molecule has 9 nitrogen and oxygen atoms in total. The van der Waals surface area contributed by atoms with Crippen LogP contribution in [0.1, 0.15) is 23.0 Å². The molecule has 0 saturated carbocycles. The Hall–Kier alpha value is -2.97. The fourth-order valence-corrected chi connectivity index (χ4v) is 1.81. The molecule has 0 radical (unpaired) electrons.